The summed E-state index contributed by atoms with van der Waals surface area (Å²) in [6.45, 7) is 2.18. The Bertz CT molecular complexity index is 836. The van der Waals surface area contributed by atoms with Crippen molar-refractivity contribution in [2.75, 3.05) is 11.4 Å². The summed E-state index contributed by atoms with van der Waals surface area (Å²) in [4.78, 5) is 40.7. The van der Waals surface area contributed by atoms with Crippen molar-refractivity contribution in [2.24, 2.45) is 0 Å². The summed E-state index contributed by atoms with van der Waals surface area (Å²) in [5.74, 6) is -0.729. The van der Waals surface area contributed by atoms with Gasteiger partial charge in [0.25, 0.3) is 5.91 Å². The van der Waals surface area contributed by atoms with Crippen molar-refractivity contribution in [2.45, 2.75) is 32.2 Å². The molecule has 27 heavy (non-hydrogen) atoms. The van der Waals surface area contributed by atoms with Crippen molar-refractivity contribution in [3.8, 4) is 0 Å². The van der Waals surface area contributed by atoms with E-state index in [0.29, 0.717) is 25.1 Å². The first-order valence-electron chi connectivity index (χ1n) is 8.97. The van der Waals surface area contributed by atoms with Gasteiger partial charge in [-0.15, -0.1) is 0 Å². The maximum atomic E-state index is 13.0. The van der Waals surface area contributed by atoms with Gasteiger partial charge in [0.15, 0.2) is 0 Å². The van der Waals surface area contributed by atoms with Gasteiger partial charge in [0.1, 0.15) is 6.04 Å². The first-order valence-corrected chi connectivity index (χ1v) is 9.76. The van der Waals surface area contributed by atoms with Crippen LogP contribution in [0.2, 0.25) is 0 Å². The molecule has 0 aliphatic carbocycles. The summed E-state index contributed by atoms with van der Waals surface area (Å²) in [5, 5.41) is 0. The van der Waals surface area contributed by atoms with Gasteiger partial charge < -0.3 is 4.90 Å². The van der Waals surface area contributed by atoms with Crippen LogP contribution in [0.3, 0.4) is 0 Å². The minimum absolute atomic E-state index is 0.0232. The molecule has 2 aromatic rings. The molecule has 6 heteroatoms. The molecule has 0 spiro atoms. The van der Waals surface area contributed by atoms with Crippen LogP contribution in [0.5, 0.6) is 0 Å². The van der Waals surface area contributed by atoms with Crippen molar-refractivity contribution >= 4 is 39.3 Å². The van der Waals surface area contributed by atoms with E-state index in [0.717, 1.165) is 10.0 Å². The smallest absolute Gasteiger partial charge is 0.257 e. The predicted octanol–water partition coefficient (Wildman–Crippen LogP) is 3.56. The lowest BCUT2D eigenvalue weighted by Crippen LogP contribution is -2.46. The van der Waals surface area contributed by atoms with Gasteiger partial charge in [-0.1, -0.05) is 53.2 Å². The predicted molar refractivity (Wildman–Crippen MR) is 107 cm³/mol. The molecule has 0 radical (unpaired) electrons. The Morgan fingerprint density at radius 1 is 1.11 bits per heavy atom. The second-order valence-corrected chi connectivity index (χ2v) is 7.36. The number of hydrogen-bond acceptors (Lipinski definition) is 3. The van der Waals surface area contributed by atoms with Crippen LogP contribution in [0.15, 0.2) is 59.1 Å². The molecule has 0 saturated carbocycles. The molecule has 0 unspecified atom stereocenters. The Labute approximate surface area is 167 Å². The van der Waals surface area contributed by atoms with Crippen LogP contribution in [0.1, 0.15) is 25.3 Å². The molecular weight excluding hydrogens is 408 g/mol. The van der Waals surface area contributed by atoms with E-state index < -0.39 is 6.04 Å². The highest BCUT2D eigenvalue weighted by molar-refractivity contribution is 9.10. The maximum absolute atomic E-state index is 13.0. The number of imide groups is 1. The minimum atomic E-state index is -0.739. The Morgan fingerprint density at radius 3 is 2.41 bits per heavy atom. The van der Waals surface area contributed by atoms with Gasteiger partial charge in [-0.25, -0.2) is 4.90 Å². The SMILES string of the molecule is CCC(=O)N(CCc1ccccc1)[C@@H]1CC(=O)N(c2ccc(Br)cc2)C1=O. The molecule has 140 valence electrons. The van der Waals surface area contributed by atoms with E-state index in [1.165, 1.54) is 4.90 Å². The maximum Gasteiger partial charge on any atom is 0.257 e. The summed E-state index contributed by atoms with van der Waals surface area (Å²) >= 11 is 3.35. The molecule has 5 nitrogen and oxygen atoms in total. The number of amides is 3. The molecular formula is C21H21BrN2O3. The van der Waals surface area contributed by atoms with E-state index >= 15 is 0 Å². The molecule has 0 aromatic heterocycles. The number of anilines is 1. The van der Waals surface area contributed by atoms with Crippen LogP contribution >= 0.6 is 15.9 Å². The van der Waals surface area contributed by atoms with Gasteiger partial charge in [0.05, 0.1) is 12.1 Å². The fourth-order valence-electron chi connectivity index (χ4n) is 3.27. The van der Waals surface area contributed by atoms with E-state index in [1.807, 2.05) is 30.3 Å². The highest BCUT2D eigenvalue weighted by Crippen LogP contribution is 2.27. The fraction of sp³-hybridized carbons (Fsp3) is 0.286. The Balaban J connectivity index is 1.80. The van der Waals surface area contributed by atoms with Gasteiger partial charge in [0.2, 0.25) is 11.8 Å². The third kappa shape index (κ3) is 4.27. The second kappa shape index (κ2) is 8.48. The van der Waals surface area contributed by atoms with Gasteiger partial charge in [-0.2, -0.15) is 0 Å². The number of hydrogen-bond donors (Lipinski definition) is 0. The molecule has 0 N–H and O–H groups in total. The highest BCUT2D eigenvalue weighted by atomic mass is 79.9. The van der Waals surface area contributed by atoms with E-state index in [9.17, 15) is 14.4 Å². The summed E-state index contributed by atoms with van der Waals surface area (Å²) in [6, 6.07) is 16.1. The zero-order chi connectivity index (χ0) is 19.4. The lowest BCUT2D eigenvalue weighted by atomic mass is 10.1. The number of halogens is 1. The van der Waals surface area contributed by atoms with Gasteiger partial charge in [-0.3, -0.25) is 14.4 Å². The van der Waals surface area contributed by atoms with Crippen molar-refractivity contribution < 1.29 is 14.4 Å². The number of carbonyl (C=O) groups excluding carboxylic acids is 3. The minimum Gasteiger partial charge on any atom is -0.330 e. The number of benzene rings is 2. The van der Waals surface area contributed by atoms with Crippen LogP contribution in [-0.4, -0.2) is 35.2 Å². The lowest BCUT2D eigenvalue weighted by Gasteiger charge is -2.27. The average molecular weight is 429 g/mol. The van der Waals surface area contributed by atoms with Gasteiger partial charge in [0, 0.05) is 17.4 Å². The van der Waals surface area contributed by atoms with Crippen LogP contribution < -0.4 is 4.90 Å². The molecule has 0 bridgehead atoms. The molecule has 1 heterocycles. The molecule has 1 fully saturated rings. The first kappa shape index (κ1) is 19.3. The Kier molecular flexibility index (Phi) is 6.06. The molecule has 1 aliphatic rings. The largest absolute Gasteiger partial charge is 0.330 e. The number of carbonyl (C=O) groups is 3. The van der Waals surface area contributed by atoms with E-state index in [1.54, 1.807) is 36.1 Å². The molecule has 1 atom stereocenters. The third-order valence-corrected chi connectivity index (χ3v) is 5.22. The van der Waals surface area contributed by atoms with E-state index in [4.69, 9.17) is 0 Å². The van der Waals surface area contributed by atoms with Gasteiger partial charge in [-0.05, 0) is 36.2 Å². The quantitative estimate of drug-likeness (QED) is 0.660. The van der Waals surface area contributed by atoms with Crippen LogP contribution in [0, 0.1) is 0 Å². The Hall–Kier alpha value is -2.47. The van der Waals surface area contributed by atoms with Crippen molar-refractivity contribution in [3.05, 3.63) is 64.6 Å². The molecule has 1 saturated heterocycles. The van der Waals surface area contributed by atoms with Crippen molar-refractivity contribution in [1.29, 1.82) is 0 Å². The van der Waals surface area contributed by atoms with E-state index in [2.05, 4.69) is 15.9 Å². The first-order chi connectivity index (χ1) is 13.0. The topological polar surface area (TPSA) is 57.7 Å². The summed E-state index contributed by atoms with van der Waals surface area (Å²) < 4.78 is 0.868. The fourth-order valence-corrected chi connectivity index (χ4v) is 3.54. The summed E-state index contributed by atoms with van der Waals surface area (Å²) in [5.41, 5.74) is 1.62. The van der Waals surface area contributed by atoms with Crippen LogP contribution in [-0.2, 0) is 20.8 Å². The van der Waals surface area contributed by atoms with Crippen molar-refractivity contribution in [3.63, 3.8) is 0 Å². The number of rotatable bonds is 6. The zero-order valence-corrected chi connectivity index (χ0v) is 16.7. The molecule has 3 amide bonds. The van der Waals surface area contributed by atoms with Crippen molar-refractivity contribution in [1.82, 2.24) is 4.90 Å². The highest BCUT2D eigenvalue weighted by Gasteiger charge is 2.43. The summed E-state index contributed by atoms with van der Waals surface area (Å²) in [6.07, 6.45) is 0.962. The zero-order valence-electron chi connectivity index (χ0n) is 15.1. The van der Waals surface area contributed by atoms with E-state index in [-0.39, 0.29) is 24.1 Å². The van der Waals surface area contributed by atoms with Crippen LogP contribution in [0.25, 0.3) is 0 Å². The third-order valence-electron chi connectivity index (χ3n) is 4.69. The normalized spacial score (nSPS) is 16.7. The lowest BCUT2D eigenvalue weighted by molar-refractivity contribution is -0.138. The summed E-state index contributed by atoms with van der Waals surface area (Å²) in [7, 11) is 0. The number of nitrogens with zero attached hydrogens (tertiary/aromatic N) is 2. The van der Waals surface area contributed by atoms with Crippen LogP contribution in [0.4, 0.5) is 5.69 Å². The average Bonchev–Trinajstić information content (AvgIpc) is 2.97. The molecule has 3 rings (SSSR count). The molecule has 1 aliphatic heterocycles. The second-order valence-electron chi connectivity index (χ2n) is 6.44. The molecule has 2 aromatic carbocycles. The Morgan fingerprint density at radius 2 is 1.78 bits per heavy atom. The standard InChI is InChI=1S/C21H21BrN2O3/c1-2-19(25)23(13-12-15-6-4-3-5-7-15)18-14-20(26)24(21(18)27)17-10-8-16(22)9-11-17/h3-11,18H,2,12-14H2,1H3/t18-/m1/s1. The monoisotopic (exact) mass is 428 g/mol. The van der Waals surface area contributed by atoms with Gasteiger partial charge >= 0.3 is 0 Å².